The molecule has 3 unspecified atom stereocenters. The van der Waals surface area contributed by atoms with Crippen molar-refractivity contribution in [2.45, 2.75) is 50.5 Å². The first-order chi connectivity index (χ1) is 11.4. The lowest BCUT2D eigenvalue weighted by Crippen LogP contribution is -2.38. The van der Waals surface area contributed by atoms with Gasteiger partial charge in [-0.2, -0.15) is 0 Å². The minimum atomic E-state index is -0.103. The fourth-order valence-corrected chi connectivity index (χ4v) is 6.39. The Morgan fingerprint density at radius 2 is 2.17 bits per heavy atom. The van der Waals surface area contributed by atoms with E-state index in [1.165, 1.54) is 24.6 Å². The molecule has 1 heterocycles. The van der Waals surface area contributed by atoms with Crippen LogP contribution in [0.4, 0.5) is 0 Å². The van der Waals surface area contributed by atoms with Gasteiger partial charge in [0.1, 0.15) is 6.10 Å². The molecule has 4 rings (SSSR count). The highest BCUT2D eigenvalue weighted by Gasteiger charge is 2.62. The fourth-order valence-electron chi connectivity index (χ4n) is 4.53. The number of fused-ring (bicyclic) bond motifs is 3. The van der Waals surface area contributed by atoms with Crippen LogP contribution in [-0.2, 0) is 9.53 Å². The molecule has 5 heteroatoms. The first-order valence-corrected chi connectivity index (χ1v) is 10.4. The standard InChI is InChI=1S/C19H23NO2S2/c1-18(2)12-8-9-19(18,3)15(10-12)22-16(21)11-23-17-20-13-6-4-5-7-14(13)24-17/h4-7,12,15H,8-11H2,1-3H3. The van der Waals surface area contributed by atoms with Gasteiger partial charge in [0.15, 0.2) is 4.34 Å². The minimum absolute atomic E-state index is 0.0784. The van der Waals surface area contributed by atoms with Crippen LogP contribution in [0.5, 0.6) is 0 Å². The van der Waals surface area contributed by atoms with Gasteiger partial charge < -0.3 is 4.74 Å². The second-order valence-corrected chi connectivity index (χ2v) is 10.1. The summed E-state index contributed by atoms with van der Waals surface area (Å²) in [7, 11) is 0. The van der Waals surface area contributed by atoms with Crippen molar-refractivity contribution < 1.29 is 9.53 Å². The van der Waals surface area contributed by atoms with Crippen LogP contribution in [-0.4, -0.2) is 22.8 Å². The number of hydrogen-bond acceptors (Lipinski definition) is 5. The van der Waals surface area contributed by atoms with Crippen LogP contribution in [0.1, 0.15) is 40.0 Å². The summed E-state index contributed by atoms with van der Waals surface area (Å²) in [5.74, 6) is 0.934. The predicted octanol–water partition coefficient (Wildman–Crippen LogP) is 5.15. The summed E-state index contributed by atoms with van der Waals surface area (Å²) in [6, 6.07) is 8.07. The van der Waals surface area contributed by atoms with Crippen LogP contribution >= 0.6 is 23.1 Å². The summed E-state index contributed by atoms with van der Waals surface area (Å²) in [6.45, 7) is 6.99. The number of aromatic nitrogens is 1. The molecule has 0 saturated heterocycles. The molecule has 1 aromatic heterocycles. The number of para-hydroxylation sites is 1. The van der Waals surface area contributed by atoms with E-state index in [-0.39, 0.29) is 22.9 Å². The lowest BCUT2D eigenvalue weighted by Gasteiger charge is -2.38. The van der Waals surface area contributed by atoms with Gasteiger partial charge in [-0.25, -0.2) is 4.98 Å². The predicted molar refractivity (Wildman–Crippen MR) is 99.5 cm³/mol. The van der Waals surface area contributed by atoms with Crippen LogP contribution in [0.25, 0.3) is 10.2 Å². The fraction of sp³-hybridized carbons (Fsp3) is 0.579. The largest absolute Gasteiger partial charge is 0.461 e. The molecule has 0 spiro atoms. The van der Waals surface area contributed by atoms with E-state index in [0.717, 1.165) is 21.0 Å². The molecule has 0 radical (unpaired) electrons. The molecule has 2 bridgehead atoms. The minimum Gasteiger partial charge on any atom is -0.461 e. The van der Waals surface area contributed by atoms with Gasteiger partial charge in [-0.05, 0) is 42.7 Å². The Morgan fingerprint density at radius 3 is 2.83 bits per heavy atom. The highest BCUT2D eigenvalue weighted by atomic mass is 32.2. The molecule has 2 aliphatic rings. The molecule has 2 fully saturated rings. The van der Waals surface area contributed by atoms with Crippen LogP contribution in [0.3, 0.4) is 0 Å². The molecular weight excluding hydrogens is 338 g/mol. The summed E-state index contributed by atoms with van der Waals surface area (Å²) in [5.41, 5.74) is 1.41. The number of carbonyl (C=O) groups excluding carboxylic acids is 1. The van der Waals surface area contributed by atoms with Crippen LogP contribution < -0.4 is 0 Å². The number of rotatable bonds is 4. The molecule has 128 valence electrons. The molecule has 0 amide bonds. The Labute approximate surface area is 151 Å². The Morgan fingerprint density at radius 1 is 1.38 bits per heavy atom. The second kappa shape index (κ2) is 5.73. The summed E-state index contributed by atoms with van der Waals surface area (Å²) >= 11 is 3.13. The molecule has 3 atom stereocenters. The molecular formula is C19H23NO2S2. The third-order valence-electron chi connectivity index (χ3n) is 6.58. The first-order valence-electron chi connectivity index (χ1n) is 8.58. The van der Waals surface area contributed by atoms with Gasteiger partial charge in [0.05, 0.1) is 16.0 Å². The highest BCUT2D eigenvalue weighted by Crippen LogP contribution is 2.66. The maximum absolute atomic E-state index is 12.4. The number of esters is 1. The number of ether oxygens (including phenoxy) is 1. The Kier molecular flexibility index (Phi) is 3.92. The van der Waals surface area contributed by atoms with Crippen molar-refractivity contribution in [2.75, 3.05) is 5.75 Å². The number of carbonyl (C=O) groups is 1. The number of benzene rings is 1. The maximum atomic E-state index is 12.4. The molecule has 2 aromatic rings. The highest BCUT2D eigenvalue weighted by molar-refractivity contribution is 8.01. The summed E-state index contributed by atoms with van der Waals surface area (Å²) in [4.78, 5) is 16.9. The summed E-state index contributed by atoms with van der Waals surface area (Å²) < 4.78 is 8.00. The molecule has 0 aliphatic heterocycles. The van der Waals surface area contributed by atoms with Crippen molar-refractivity contribution in [3.8, 4) is 0 Å². The molecule has 0 N–H and O–H groups in total. The van der Waals surface area contributed by atoms with Crippen molar-refractivity contribution in [1.29, 1.82) is 0 Å². The van der Waals surface area contributed by atoms with Gasteiger partial charge in [0.25, 0.3) is 0 Å². The van der Waals surface area contributed by atoms with E-state index in [2.05, 4.69) is 31.8 Å². The Hall–Kier alpha value is -1.07. The van der Waals surface area contributed by atoms with Gasteiger partial charge in [0, 0.05) is 5.41 Å². The van der Waals surface area contributed by atoms with E-state index < -0.39 is 0 Å². The van der Waals surface area contributed by atoms with E-state index in [0.29, 0.717) is 11.7 Å². The van der Waals surface area contributed by atoms with E-state index in [4.69, 9.17) is 4.74 Å². The third kappa shape index (κ3) is 2.48. The van der Waals surface area contributed by atoms with Crippen molar-refractivity contribution in [3.63, 3.8) is 0 Å². The lowest BCUT2D eigenvalue weighted by molar-refractivity contribution is -0.153. The van der Waals surface area contributed by atoms with Crippen molar-refractivity contribution in [2.24, 2.45) is 16.7 Å². The van der Waals surface area contributed by atoms with E-state index in [9.17, 15) is 4.79 Å². The zero-order valence-electron chi connectivity index (χ0n) is 14.4. The normalized spacial score (nSPS) is 30.8. The zero-order chi connectivity index (χ0) is 16.9. The van der Waals surface area contributed by atoms with Crippen LogP contribution in [0, 0.1) is 16.7 Å². The van der Waals surface area contributed by atoms with Crippen LogP contribution in [0.15, 0.2) is 28.6 Å². The topological polar surface area (TPSA) is 39.2 Å². The number of nitrogens with zero attached hydrogens (tertiary/aromatic N) is 1. The van der Waals surface area contributed by atoms with E-state index in [1.807, 2.05) is 18.2 Å². The zero-order valence-corrected chi connectivity index (χ0v) is 16.0. The third-order valence-corrected chi connectivity index (χ3v) is 8.73. The molecule has 24 heavy (non-hydrogen) atoms. The van der Waals surface area contributed by atoms with Gasteiger partial charge in [-0.15, -0.1) is 11.3 Å². The molecule has 2 saturated carbocycles. The SMILES string of the molecule is CC1(C)C2CCC1(C)C(OC(=O)CSc1nc3ccccc3s1)C2. The number of thioether (sulfide) groups is 1. The first kappa shape index (κ1) is 16.4. The average Bonchev–Trinajstić information content (AvgIpc) is 3.11. The second-order valence-electron chi connectivity index (χ2n) is 7.83. The van der Waals surface area contributed by atoms with Gasteiger partial charge >= 0.3 is 5.97 Å². The Bertz CT molecular complexity index is 752. The molecule has 3 nitrogen and oxygen atoms in total. The average molecular weight is 362 g/mol. The monoisotopic (exact) mass is 361 g/mol. The lowest BCUT2D eigenvalue weighted by atomic mass is 9.70. The molecule has 1 aromatic carbocycles. The van der Waals surface area contributed by atoms with Gasteiger partial charge in [-0.1, -0.05) is 44.7 Å². The van der Waals surface area contributed by atoms with Crippen LogP contribution in [0.2, 0.25) is 0 Å². The quantitative estimate of drug-likeness (QED) is 0.558. The van der Waals surface area contributed by atoms with Crippen molar-refractivity contribution >= 4 is 39.3 Å². The summed E-state index contributed by atoms with van der Waals surface area (Å²) in [5, 5.41) is 0. The Balaban J connectivity index is 1.37. The van der Waals surface area contributed by atoms with Gasteiger partial charge in [0.2, 0.25) is 0 Å². The van der Waals surface area contributed by atoms with Gasteiger partial charge in [-0.3, -0.25) is 4.79 Å². The van der Waals surface area contributed by atoms with E-state index in [1.54, 1.807) is 11.3 Å². The van der Waals surface area contributed by atoms with E-state index >= 15 is 0 Å². The number of hydrogen-bond donors (Lipinski definition) is 0. The van der Waals surface area contributed by atoms with Crippen molar-refractivity contribution in [1.82, 2.24) is 4.98 Å². The smallest absolute Gasteiger partial charge is 0.316 e. The number of thiazole rings is 1. The summed E-state index contributed by atoms with van der Waals surface area (Å²) in [6.07, 6.45) is 3.56. The van der Waals surface area contributed by atoms with Crippen molar-refractivity contribution in [3.05, 3.63) is 24.3 Å². The maximum Gasteiger partial charge on any atom is 0.316 e. The molecule has 2 aliphatic carbocycles.